The lowest BCUT2D eigenvalue weighted by atomic mass is 10.2. The molecule has 1 aromatic carbocycles. The normalized spacial score (nSPS) is 17.6. The summed E-state index contributed by atoms with van der Waals surface area (Å²) >= 11 is 5.57. The summed E-state index contributed by atoms with van der Waals surface area (Å²) in [6.07, 6.45) is 4.50. The molecule has 7 heteroatoms. The highest BCUT2D eigenvalue weighted by Crippen LogP contribution is 2.36. The number of aliphatic hydroxyl groups is 1. The van der Waals surface area contributed by atoms with E-state index in [0.717, 1.165) is 31.2 Å². The number of rotatable bonds is 7. The molecule has 0 bridgehead atoms. The Kier molecular flexibility index (Phi) is 4.24. The van der Waals surface area contributed by atoms with Crippen molar-refractivity contribution in [3.8, 4) is 0 Å². The Morgan fingerprint density at radius 3 is 2.71 bits per heavy atom. The van der Waals surface area contributed by atoms with Gasteiger partial charge < -0.3 is 5.11 Å². The summed E-state index contributed by atoms with van der Waals surface area (Å²) in [6.45, 7) is 1.15. The second kappa shape index (κ2) is 6.38. The number of benzene rings is 1. The number of hydrogen-bond acceptors (Lipinski definition) is 4. The summed E-state index contributed by atoms with van der Waals surface area (Å²) in [5.41, 5.74) is 0.956. The molecule has 2 fully saturated rings. The van der Waals surface area contributed by atoms with Gasteiger partial charge in [-0.2, -0.15) is 5.10 Å². The largest absolute Gasteiger partial charge is 0.388 e. The van der Waals surface area contributed by atoms with E-state index in [4.69, 9.17) is 12.2 Å². The predicted octanol–water partition coefficient (Wildman–Crippen LogP) is 3.00. The van der Waals surface area contributed by atoms with E-state index in [0.29, 0.717) is 35.9 Å². The fourth-order valence-corrected chi connectivity index (χ4v) is 3.49. The van der Waals surface area contributed by atoms with Crippen LogP contribution in [-0.2, 0) is 19.8 Å². The van der Waals surface area contributed by atoms with Crippen LogP contribution >= 0.6 is 12.2 Å². The van der Waals surface area contributed by atoms with Crippen molar-refractivity contribution in [1.29, 1.82) is 0 Å². The first-order chi connectivity index (χ1) is 11.7. The Morgan fingerprint density at radius 1 is 1.29 bits per heavy atom. The van der Waals surface area contributed by atoms with Crippen molar-refractivity contribution in [3.05, 3.63) is 46.2 Å². The molecular formula is C17H21FN4OS. The highest BCUT2D eigenvalue weighted by molar-refractivity contribution is 7.71. The smallest absolute Gasteiger partial charge is 0.199 e. The average Bonchev–Trinajstić information content (AvgIpc) is 3.45. The topological polar surface area (TPSA) is 46.2 Å². The van der Waals surface area contributed by atoms with E-state index in [-0.39, 0.29) is 12.4 Å². The minimum absolute atomic E-state index is 0.0968. The van der Waals surface area contributed by atoms with E-state index in [1.54, 1.807) is 16.8 Å². The first-order valence-corrected chi connectivity index (χ1v) is 8.84. The lowest BCUT2D eigenvalue weighted by Gasteiger charge is -2.21. The summed E-state index contributed by atoms with van der Waals surface area (Å²) in [6, 6.07) is 7.62. The van der Waals surface area contributed by atoms with Gasteiger partial charge in [-0.05, 0) is 55.6 Å². The highest BCUT2D eigenvalue weighted by atomic mass is 32.1. The molecule has 1 heterocycles. The molecule has 4 rings (SSSR count). The first kappa shape index (κ1) is 15.9. The minimum Gasteiger partial charge on any atom is -0.388 e. The lowest BCUT2D eigenvalue weighted by Crippen LogP contribution is -2.29. The Labute approximate surface area is 145 Å². The fourth-order valence-electron chi connectivity index (χ4n) is 3.14. The van der Waals surface area contributed by atoms with Gasteiger partial charge in [0.15, 0.2) is 10.6 Å². The zero-order valence-electron chi connectivity index (χ0n) is 13.4. The van der Waals surface area contributed by atoms with E-state index in [2.05, 4.69) is 10.00 Å². The molecule has 2 aromatic rings. The van der Waals surface area contributed by atoms with E-state index in [1.807, 2.05) is 10.6 Å². The average molecular weight is 348 g/mol. The zero-order valence-corrected chi connectivity index (χ0v) is 14.3. The highest BCUT2D eigenvalue weighted by Gasteiger charge is 2.32. The first-order valence-electron chi connectivity index (χ1n) is 8.43. The molecule has 2 aliphatic rings. The van der Waals surface area contributed by atoms with Crippen LogP contribution in [0.4, 0.5) is 4.39 Å². The molecule has 0 spiro atoms. The van der Waals surface area contributed by atoms with Crippen molar-refractivity contribution in [2.75, 3.05) is 0 Å². The van der Waals surface area contributed by atoms with Gasteiger partial charge in [-0.3, -0.25) is 9.47 Å². The molecule has 0 radical (unpaired) electrons. The van der Waals surface area contributed by atoms with E-state index < -0.39 is 0 Å². The van der Waals surface area contributed by atoms with Crippen molar-refractivity contribution < 1.29 is 9.50 Å². The number of aromatic nitrogens is 3. The van der Waals surface area contributed by atoms with Crippen molar-refractivity contribution in [1.82, 2.24) is 19.2 Å². The molecule has 0 atom stereocenters. The molecule has 1 aromatic heterocycles. The Hall–Kier alpha value is -1.57. The van der Waals surface area contributed by atoms with Crippen LogP contribution in [-0.4, -0.2) is 30.4 Å². The summed E-state index contributed by atoms with van der Waals surface area (Å²) in [5.74, 6) is 0.435. The van der Waals surface area contributed by atoms with Crippen LogP contribution in [0.25, 0.3) is 0 Å². The third-order valence-corrected chi connectivity index (χ3v) is 5.06. The molecule has 24 heavy (non-hydrogen) atoms. The van der Waals surface area contributed by atoms with Crippen LogP contribution in [0.2, 0.25) is 0 Å². The summed E-state index contributed by atoms with van der Waals surface area (Å²) in [4.78, 5) is 2.29. The van der Waals surface area contributed by atoms with Gasteiger partial charge in [0.25, 0.3) is 0 Å². The predicted molar refractivity (Wildman–Crippen MR) is 90.2 cm³/mol. The van der Waals surface area contributed by atoms with Crippen LogP contribution in [0.3, 0.4) is 0 Å². The monoisotopic (exact) mass is 348 g/mol. The van der Waals surface area contributed by atoms with E-state index >= 15 is 0 Å². The van der Waals surface area contributed by atoms with Crippen molar-refractivity contribution >= 4 is 12.2 Å². The quantitative estimate of drug-likeness (QED) is 0.782. The molecule has 2 saturated carbocycles. The van der Waals surface area contributed by atoms with E-state index in [9.17, 15) is 9.50 Å². The van der Waals surface area contributed by atoms with Crippen LogP contribution in [0, 0.1) is 10.6 Å². The standard InChI is InChI=1S/C17H21FN4OS/c18-13-3-1-2-12(8-13)9-20(14-4-5-14)11-21-17(24)22(15-6-7-15)16(10-23)19-21/h1-3,8,14-15,23H,4-7,9-11H2. The SMILES string of the molecule is OCc1nn(CN(Cc2cccc(F)c2)C2CC2)c(=S)n1C1CC1. The number of nitrogens with zero attached hydrogens (tertiary/aromatic N) is 4. The third-order valence-electron chi connectivity index (χ3n) is 4.65. The lowest BCUT2D eigenvalue weighted by molar-refractivity contribution is 0.184. The molecule has 0 unspecified atom stereocenters. The molecule has 0 aliphatic heterocycles. The summed E-state index contributed by atoms with van der Waals surface area (Å²) in [5, 5.41) is 14.1. The summed E-state index contributed by atoms with van der Waals surface area (Å²) < 4.78 is 17.9. The maximum Gasteiger partial charge on any atom is 0.199 e. The van der Waals surface area contributed by atoms with Crippen molar-refractivity contribution in [3.63, 3.8) is 0 Å². The van der Waals surface area contributed by atoms with Crippen molar-refractivity contribution in [2.45, 2.75) is 57.6 Å². The van der Waals surface area contributed by atoms with Crippen molar-refractivity contribution in [2.24, 2.45) is 0 Å². The Morgan fingerprint density at radius 2 is 2.08 bits per heavy atom. The Bertz CT molecular complexity index is 794. The van der Waals surface area contributed by atoms with Gasteiger partial charge in [-0.15, -0.1) is 0 Å². The van der Waals surface area contributed by atoms with Gasteiger partial charge in [0.05, 0.1) is 6.67 Å². The number of aliphatic hydroxyl groups excluding tert-OH is 1. The maximum absolute atomic E-state index is 13.4. The zero-order chi connectivity index (χ0) is 16.7. The third kappa shape index (κ3) is 3.29. The molecule has 5 nitrogen and oxygen atoms in total. The maximum atomic E-state index is 13.4. The molecular weight excluding hydrogens is 327 g/mol. The van der Waals surface area contributed by atoms with Gasteiger partial charge in [-0.1, -0.05) is 12.1 Å². The second-order valence-corrected chi connectivity index (χ2v) is 7.07. The minimum atomic E-state index is -0.208. The van der Waals surface area contributed by atoms with Gasteiger partial charge in [0.2, 0.25) is 0 Å². The molecule has 1 N–H and O–H groups in total. The van der Waals surface area contributed by atoms with Gasteiger partial charge in [0.1, 0.15) is 12.4 Å². The molecule has 0 saturated heterocycles. The van der Waals surface area contributed by atoms with Crippen LogP contribution in [0.5, 0.6) is 0 Å². The van der Waals surface area contributed by atoms with Crippen LogP contribution in [0.15, 0.2) is 24.3 Å². The fraction of sp³-hybridized carbons (Fsp3) is 0.529. The Balaban J connectivity index is 1.56. The van der Waals surface area contributed by atoms with Gasteiger partial charge >= 0.3 is 0 Å². The van der Waals surface area contributed by atoms with E-state index in [1.165, 1.54) is 6.07 Å². The van der Waals surface area contributed by atoms with Gasteiger partial charge in [-0.25, -0.2) is 9.07 Å². The molecule has 2 aliphatic carbocycles. The number of halogens is 1. The molecule has 128 valence electrons. The second-order valence-electron chi connectivity index (χ2n) is 6.71. The molecule has 0 amide bonds. The van der Waals surface area contributed by atoms with Crippen LogP contribution < -0.4 is 0 Å². The van der Waals surface area contributed by atoms with Crippen LogP contribution in [0.1, 0.15) is 43.1 Å². The van der Waals surface area contributed by atoms with Gasteiger partial charge in [0, 0.05) is 18.6 Å². The summed E-state index contributed by atoms with van der Waals surface area (Å²) in [7, 11) is 0. The number of hydrogen-bond donors (Lipinski definition) is 1.